The predicted octanol–water partition coefficient (Wildman–Crippen LogP) is 2.27. The molecule has 0 radical (unpaired) electrons. The van der Waals surface area contributed by atoms with E-state index in [1.165, 1.54) is 0 Å². The summed E-state index contributed by atoms with van der Waals surface area (Å²) < 4.78 is 5.10. The molecule has 0 fully saturated rings. The third kappa shape index (κ3) is 2.63. The molecule has 2 atom stereocenters. The van der Waals surface area contributed by atoms with Gasteiger partial charge in [-0.3, -0.25) is 4.79 Å². The lowest BCUT2D eigenvalue weighted by molar-refractivity contribution is -0.181. The number of hydrogen-bond donors (Lipinski definition) is 1. The van der Waals surface area contributed by atoms with Crippen LogP contribution in [0.5, 0.6) is 0 Å². The summed E-state index contributed by atoms with van der Waals surface area (Å²) in [7, 11) is 0. The molecule has 19 heavy (non-hydrogen) atoms. The lowest BCUT2D eigenvalue weighted by Crippen LogP contribution is -2.34. The Morgan fingerprint density at radius 2 is 2.05 bits per heavy atom. The maximum atomic E-state index is 12.1. The molecular weight excluding hydrogens is 244 g/mol. The number of carbonyl (C=O) groups excluding carboxylic acids is 2. The number of ether oxygens (including phenoxy) is 1. The minimum atomic E-state index is -1.63. The van der Waals surface area contributed by atoms with Gasteiger partial charge in [0.05, 0.1) is 0 Å². The number of fused-ring (bicyclic) bond motifs is 1. The van der Waals surface area contributed by atoms with E-state index in [1.54, 1.807) is 6.92 Å². The number of carbonyl (C=O) groups is 2. The van der Waals surface area contributed by atoms with Crippen molar-refractivity contribution in [1.29, 1.82) is 0 Å². The first-order valence-electron chi connectivity index (χ1n) is 6.68. The SMILES string of the molecule is CC1=C2CC(=O)[C@@H](C)CC/C=C(/C)C[C@]2(O)OC1=O. The van der Waals surface area contributed by atoms with Gasteiger partial charge in [-0.05, 0) is 26.7 Å². The average molecular weight is 264 g/mol. The van der Waals surface area contributed by atoms with Crippen LogP contribution in [0.1, 0.15) is 46.5 Å². The number of allylic oxidation sites excluding steroid dienone is 1. The quantitative estimate of drug-likeness (QED) is 0.538. The summed E-state index contributed by atoms with van der Waals surface area (Å²) in [4.78, 5) is 23.8. The molecule has 2 rings (SSSR count). The van der Waals surface area contributed by atoms with Gasteiger partial charge in [0, 0.05) is 29.9 Å². The van der Waals surface area contributed by atoms with E-state index >= 15 is 0 Å². The second kappa shape index (κ2) is 4.93. The van der Waals surface area contributed by atoms with Gasteiger partial charge in [-0.25, -0.2) is 4.79 Å². The topological polar surface area (TPSA) is 63.6 Å². The smallest absolute Gasteiger partial charge is 0.336 e. The van der Waals surface area contributed by atoms with E-state index in [2.05, 4.69) is 0 Å². The summed E-state index contributed by atoms with van der Waals surface area (Å²) in [6.07, 6.45) is 3.96. The molecular formula is C15H20O4. The highest BCUT2D eigenvalue weighted by atomic mass is 16.7. The van der Waals surface area contributed by atoms with Gasteiger partial charge in [0.1, 0.15) is 5.78 Å². The van der Waals surface area contributed by atoms with Gasteiger partial charge in [0.25, 0.3) is 0 Å². The normalized spacial score (nSPS) is 35.6. The maximum absolute atomic E-state index is 12.1. The Hall–Kier alpha value is -1.42. The Balaban J connectivity index is 2.42. The first-order valence-corrected chi connectivity index (χ1v) is 6.68. The van der Waals surface area contributed by atoms with Crippen LogP contribution in [0, 0.1) is 5.92 Å². The van der Waals surface area contributed by atoms with Crippen molar-refractivity contribution >= 4 is 11.8 Å². The first kappa shape index (κ1) is 14.0. The molecule has 0 amide bonds. The van der Waals surface area contributed by atoms with Crippen molar-refractivity contribution in [3.8, 4) is 0 Å². The molecule has 1 heterocycles. The minimum absolute atomic E-state index is 0.0547. The Kier molecular flexibility index (Phi) is 3.63. The van der Waals surface area contributed by atoms with Crippen LogP contribution in [0.4, 0.5) is 0 Å². The lowest BCUT2D eigenvalue weighted by atomic mass is 9.86. The molecule has 1 N–H and O–H groups in total. The molecule has 0 saturated heterocycles. The van der Waals surface area contributed by atoms with Crippen molar-refractivity contribution < 1.29 is 19.4 Å². The summed E-state index contributed by atoms with van der Waals surface area (Å²) in [5.41, 5.74) is 1.78. The standard InChI is InChI=1S/C15H20O4/c1-9-5-4-6-10(2)13(16)7-12-11(3)14(17)19-15(12,18)8-9/h5,10,18H,4,6-8H2,1-3H3/b9-5-/t10-,15-/m0/s1. The summed E-state index contributed by atoms with van der Waals surface area (Å²) >= 11 is 0. The molecule has 0 spiro atoms. The van der Waals surface area contributed by atoms with Crippen molar-refractivity contribution in [2.24, 2.45) is 5.92 Å². The van der Waals surface area contributed by atoms with Crippen molar-refractivity contribution in [3.63, 3.8) is 0 Å². The summed E-state index contributed by atoms with van der Waals surface area (Å²) in [6, 6.07) is 0. The average Bonchev–Trinajstić information content (AvgIpc) is 2.51. The van der Waals surface area contributed by atoms with Crippen molar-refractivity contribution in [3.05, 3.63) is 22.8 Å². The van der Waals surface area contributed by atoms with Gasteiger partial charge >= 0.3 is 5.97 Å². The third-order valence-electron chi connectivity index (χ3n) is 4.00. The molecule has 0 bridgehead atoms. The molecule has 1 aliphatic carbocycles. The van der Waals surface area contributed by atoms with E-state index in [0.717, 1.165) is 18.4 Å². The molecule has 1 aliphatic heterocycles. The highest BCUT2D eigenvalue weighted by molar-refractivity contribution is 5.95. The van der Waals surface area contributed by atoms with Gasteiger partial charge in [-0.2, -0.15) is 0 Å². The fourth-order valence-electron chi connectivity index (χ4n) is 2.66. The van der Waals surface area contributed by atoms with Crippen LogP contribution < -0.4 is 0 Å². The Morgan fingerprint density at radius 1 is 1.37 bits per heavy atom. The zero-order chi connectivity index (χ0) is 14.2. The highest BCUT2D eigenvalue weighted by Crippen LogP contribution is 2.39. The highest BCUT2D eigenvalue weighted by Gasteiger charge is 2.45. The largest absolute Gasteiger partial charge is 0.425 e. The molecule has 0 aromatic rings. The number of ketones is 1. The Labute approximate surface area is 113 Å². The molecule has 0 aromatic heterocycles. The minimum Gasteiger partial charge on any atom is -0.425 e. The van der Waals surface area contributed by atoms with Gasteiger partial charge in [0.15, 0.2) is 0 Å². The third-order valence-corrected chi connectivity index (χ3v) is 4.00. The number of hydrogen-bond acceptors (Lipinski definition) is 4. The lowest BCUT2D eigenvalue weighted by Gasteiger charge is -2.27. The van der Waals surface area contributed by atoms with E-state index in [-0.39, 0.29) is 24.5 Å². The number of aliphatic hydroxyl groups is 1. The van der Waals surface area contributed by atoms with E-state index in [9.17, 15) is 14.7 Å². The molecule has 2 aliphatic rings. The van der Waals surface area contributed by atoms with E-state index in [0.29, 0.717) is 11.1 Å². The molecule has 0 aromatic carbocycles. The Morgan fingerprint density at radius 3 is 2.74 bits per heavy atom. The number of Topliss-reactive ketones (excluding diaryl/α,β-unsaturated/α-hetero) is 1. The van der Waals surface area contributed by atoms with Gasteiger partial charge < -0.3 is 9.84 Å². The molecule has 4 nitrogen and oxygen atoms in total. The zero-order valence-electron chi connectivity index (χ0n) is 11.7. The zero-order valence-corrected chi connectivity index (χ0v) is 11.7. The van der Waals surface area contributed by atoms with E-state index in [4.69, 9.17) is 4.74 Å². The van der Waals surface area contributed by atoms with Gasteiger partial charge in [-0.1, -0.05) is 18.6 Å². The predicted molar refractivity (Wildman–Crippen MR) is 70.1 cm³/mol. The molecule has 0 unspecified atom stereocenters. The summed E-state index contributed by atoms with van der Waals surface area (Å²) in [5, 5.41) is 10.6. The summed E-state index contributed by atoms with van der Waals surface area (Å²) in [5.74, 6) is -2.17. The van der Waals surface area contributed by atoms with Crippen LogP contribution in [-0.4, -0.2) is 22.6 Å². The van der Waals surface area contributed by atoms with Crippen LogP contribution in [0.2, 0.25) is 0 Å². The molecule has 104 valence electrons. The van der Waals surface area contributed by atoms with Crippen molar-refractivity contribution in [2.75, 3.05) is 0 Å². The fraction of sp³-hybridized carbons (Fsp3) is 0.600. The number of rotatable bonds is 0. The van der Waals surface area contributed by atoms with Crippen LogP contribution in [-0.2, 0) is 14.3 Å². The van der Waals surface area contributed by atoms with Gasteiger partial charge in [0.2, 0.25) is 5.79 Å². The second-order valence-corrected chi connectivity index (χ2v) is 5.63. The molecule has 4 heteroatoms. The van der Waals surface area contributed by atoms with Crippen molar-refractivity contribution in [1.82, 2.24) is 0 Å². The van der Waals surface area contributed by atoms with Crippen LogP contribution in [0.25, 0.3) is 0 Å². The Bertz CT molecular complexity index is 486. The summed E-state index contributed by atoms with van der Waals surface area (Å²) in [6.45, 7) is 5.41. The van der Waals surface area contributed by atoms with Crippen molar-refractivity contribution in [2.45, 2.75) is 52.2 Å². The first-order chi connectivity index (χ1) is 8.83. The van der Waals surface area contributed by atoms with Gasteiger partial charge in [-0.15, -0.1) is 0 Å². The van der Waals surface area contributed by atoms with Crippen LogP contribution in [0.15, 0.2) is 22.8 Å². The second-order valence-electron chi connectivity index (χ2n) is 5.63. The van der Waals surface area contributed by atoms with E-state index in [1.807, 2.05) is 19.9 Å². The fourth-order valence-corrected chi connectivity index (χ4v) is 2.66. The van der Waals surface area contributed by atoms with Crippen LogP contribution in [0.3, 0.4) is 0 Å². The monoisotopic (exact) mass is 264 g/mol. The maximum Gasteiger partial charge on any atom is 0.336 e. The van der Waals surface area contributed by atoms with E-state index < -0.39 is 11.8 Å². The van der Waals surface area contributed by atoms with Crippen LogP contribution >= 0.6 is 0 Å². The number of esters is 1. The molecule has 0 saturated carbocycles.